The van der Waals surface area contributed by atoms with Crippen molar-refractivity contribution in [3.8, 4) is 5.75 Å². The molecule has 0 saturated carbocycles. The number of benzene rings is 3. The molecule has 1 unspecified atom stereocenters. The summed E-state index contributed by atoms with van der Waals surface area (Å²) in [5.74, 6) is -1.44. The van der Waals surface area contributed by atoms with Crippen LogP contribution in [0.3, 0.4) is 0 Å². The van der Waals surface area contributed by atoms with Gasteiger partial charge in [0.1, 0.15) is 29.4 Å². The fourth-order valence-corrected chi connectivity index (χ4v) is 7.66. The van der Waals surface area contributed by atoms with E-state index in [4.69, 9.17) is 23.7 Å². The van der Waals surface area contributed by atoms with E-state index in [2.05, 4.69) is 4.98 Å². The summed E-state index contributed by atoms with van der Waals surface area (Å²) in [6.45, 7) is 11.0. The number of pyridine rings is 1. The van der Waals surface area contributed by atoms with Crippen molar-refractivity contribution in [2.45, 2.75) is 97.1 Å². The van der Waals surface area contributed by atoms with Crippen LogP contribution < -0.4 is 14.5 Å². The monoisotopic (exact) mass is 891 g/mol. The second-order valence-electron chi connectivity index (χ2n) is 17.9. The van der Waals surface area contributed by atoms with Crippen LogP contribution in [0.1, 0.15) is 82.6 Å². The van der Waals surface area contributed by atoms with E-state index in [9.17, 15) is 28.8 Å². The quantitative estimate of drug-likeness (QED) is 0.0798. The SMILES string of the molecule is COC(=O)N(C(=O)OC(C)(C)C)c1ccc(C2CCCN(C(=O)N3C(=O)[C@H](Cc4ccnc(N(Cc5ccc(OC)cc5)C(=O)OC(C)(C)C)c4)[C@H]3C(=O)OCc3ccccc3)C2)cc1. The number of carbonyl (C=O) groups is 6. The molecule has 2 aliphatic rings. The second kappa shape index (κ2) is 20.2. The lowest BCUT2D eigenvalue weighted by Crippen LogP contribution is -2.69. The molecule has 0 spiro atoms. The van der Waals surface area contributed by atoms with E-state index in [0.29, 0.717) is 24.3 Å². The van der Waals surface area contributed by atoms with Crippen molar-refractivity contribution in [2.75, 3.05) is 37.1 Å². The van der Waals surface area contributed by atoms with Gasteiger partial charge in [0.25, 0.3) is 0 Å². The molecule has 0 aliphatic carbocycles. The maximum atomic E-state index is 14.4. The van der Waals surface area contributed by atoms with Crippen LogP contribution in [0.4, 0.5) is 30.7 Å². The molecule has 2 saturated heterocycles. The number of methoxy groups -OCH3 is 2. The summed E-state index contributed by atoms with van der Waals surface area (Å²) in [6.07, 6.45) is 0.480. The second-order valence-corrected chi connectivity index (χ2v) is 17.9. The molecule has 3 atom stereocenters. The van der Waals surface area contributed by atoms with Crippen LogP contribution in [0.25, 0.3) is 0 Å². The van der Waals surface area contributed by atoms with E-state index < -0.39 is 59.3 Å². The Morgan fingerprint density at radius 3 is 2.06 bits per heavy atom. The van der Waals surface area contributed by atoms with Gasteiger partial charge < -0.3 is 28.6 Å². The molecule has 3 aromatic carbocycles. The Morgan fingerprint density at radius 2 is 1.43 bits per heavy atom. The molecular formula is C49H57N5O11. The molecule has 6 amide bonds. The Balaban J connectivity index is 1.22. The standard InChI is InChI=1S/C49H57N5O11/c1-48(2,3)64-45(58)52(29-32-16-22-38(61-7)23-17-32)40-28-34(24-25-50-40)27-39-41(43(56)63-31-33-13-10-9-11-14-33)54(42(39)55)44(57)51-26-12-15-36(30-51)35-18-20-37(21-19-35)53(46(59)62-8)47(60)65-49(4,5)6/h9-11,13-14,16-25,28,36,39,41H,12,15,26-27,29-31H2,1-8H3/t36?,39-,41+/m1/s1. The number of carbonyl (C=O) groups excluding carboxylic acids is 6. The predicted octanol–water partition coefficient (Wildman–Crippen LogP) is 8.65. The van der Waals surface area contributed by atoms with Crippen molar-refractivity contribution in [1.29, 1.82) is 0 Å². The lowest BCUT2D eigenvalue weighted by molar-refractivity contribution is -0.171. The van der Waals surface area contributed by atoms with Gasteiger partial charge in [-0.15, -0.1) is 0 Å². The highest BCUT2D eigenvalue weighted by Crippen LogP contribution is 2.36. The minimum absolute atomic E-state index is 0.0504. The number of piperidine rings is 1. The Bertz CT molecular complexity index is 2340. The number of nitrogens with zero attached hydrogens (tertiary/aromatic N) is 5. The van der Waals surface area contributed by atoms with Crippen molar-refractivity contribution in [3.05, 3.63) is 119 Å². The first kappa shape index (κ1) is 47.5. The van der Waals surface area contributed by atoms with Gasteiger partial charge in [-0.3, -0.25) is 9.69 Å². The summed E-state index contributed by atoms with van der Waals surface area (Å²) < 4.78 is 27.1. The lowest BCUT2D eigenvalue weighted by atomic mass is 9.82. The summed E-state index contributed by atoms with van der Waals surface area (Å²) in [6, 6.07) is 24.6. The van der Waals surface area contributed by atoms with Crippen LogP contribution in [-0.2, 0) is 48.1 Å². The molecule has 0 N–H and O–H groups in total. The molecule has 0 radical (unpaired) electrons. The molecular weight excluding hydrogens is 835 g/mol. The van der Waals surface area contributed by atoms with Crippen LogP contribution >= 0.6 is 0 Å². The number of anilines is 2. The number of amides is 6. The zero-order valence-electron chi connectivity index (χ0n) is 38.1. The zero-order valence-corrected chi connectivity index (χ0v) is 38.1. The fourth-order valence-electron chi connectivity index (χ4n) is 7.66. The van der Waals surface area contributed by atoms with Crippen molar-refractivity contribution in [3.63, 3.8) is 0 Å². The Hall–Kier alpha value is -6.97. The molecule has 3 heterocycles. The van der Waals surface area contributed by atoms with Gasteiger partial charge in [0.15, 0.2) is 6.04 Å². The molecule has 0 bridgehead atoms. The number of likely N-dealkylation sites (tertiary alicyclic amines) is 2. The van der Waals surface area contributed by atoms with Crippen LogP contribution in [0.2, 0.25) is 0 Å². The third kappa shape index (κ3) is 12.0. The van der Waals surface area contributed by atoms with Gasteiger partial charge in [0.2, 0.25) is 5.91 Å². The highest BCUT2D eigenvalue weighted by Gasteiger charge is 2.56. The summed E-state index contributed by atoms with van der Waals surface area (Å²) in [4.78, 5) is 91.1. The zero-order chi connectivity index (χ0) is 47.1. The summed E-state index contributed by atoms with van der Waals surface area (Å²) >= 11 is 0. The highest BCUT2D eigenvalue weighted by molar-refractivity contribution is 6.09. The van der Waals surface area contributed by atoms with Crippen molar-refractivity contribution >= 4 is 47.7 Å². The van der Waals surface area contributed by atoms with Crippen molar-refractivity contribution in [2.24, 2.45) is 5.92 Å². The molecule has 1 aromatic heterocycles. The maximum Gasteiger partial charge on any atom is 0.424 e. The normalized spacial score (nSPS) is 17.3. The third-order valence-corrected chi connectivity index (χ3v) is 10.8. The molecule has 16 heteroatoms. The van der Waals surface area contributed by atoms with E-state index in [1.807, 2.05) is 42.5 Å². The van der Waals surface area contributed by atoms with Gasteiger partial charge in [0, 0.05) is 25.2 Å². The van der Waals surface area contributed by atoms with E-state index in [0.717, 1.165) is 32.9 Å². The van der Waals surface area contributed by atoms with Gasteiger partial charge in [-0.1, -0.05) is 54.6 Å². The van der Waals surface area contributed by atoms with Gasteiger partial charge in [-0.05, 0) is 119 Å². The first-order chi connectivity index (χ1) is 30.8. The average Bonchev–Trinajstić information content (AvgIpc) is 3.27. The van der Waals surface area contributed by atoms with Gasteiger partial charge in [-0.25, -0.2) is 33.9 Å². The number of esters is 1. The van der Waals surface area contributed by atoms with Crippen molar-refractivity contribution < 1.29 is 52.5 Å². The molecule has 344 valence electrons. The summed E-state index contributed by atoms with van der Waals surface area (Å²) in [7, 11) is 2.74. The number of urea groups is 1. The highest BCUT2D eigenvalue weighted by atomic mass is 16.6. The van der Waals surface area contributed by atoms with Gasteiger partial charge in [-0.2, -0.15) is 4.90 Å². The van der Waals surface area contributed by atoms with Crippen LogP contribution in [-0.4, -0.2) is 95.5 Å². The predicted molar refractivity (Wildman–Crippen MR) is 240 cm³/mol. The Kier molecular flexibility index (Phi) is 14.8. The molecule has 4 aromatic rings. The van der Waals surface area contributed by atoms with E-state index in [1.165, 1.54) is 18.2 Å². The molecule has 2 fully saturated rings. The van der Waals surface area contributed by atoms with Crippen molar-refractivity contribution in [1.82, 2.24) is 14.8 Å². The lowest BCUT2D eigenvalue weighted by Gasteiger charge is -2.46. The minimum atomic E-state index is -1.23. The third-order valence-electron chi connectivity index (χ3n) is 10.8. The average molecular weight is 892 g/mol. The Morgan fingerprint density at radius 1 is 0.769 bits per heavy atom. The van der Waals surface area contributed by atoms with Crippen LogP contribution in [0.5, 0.6) is 5.75 Å². The summed E-state index contributed by atoms with van der Waals surface area (Å²) in [5.41, 5.74) is 1.55. The number of aromatic nitrogens is 1. The van der Waals surface area contributed by atoms with Crippen LogP contribution in [0.15, 0.2) is 97.2 Å². The minimum Gasteiger partial charge on any atom is -0.497 e. The fraction of sp³-hybridized carbons (Fsp3) is 0.408. The first-order valence-electron chi connectivity index (χ1n) is 21.5. The number of β-lactam (4-membered cyclic amide) rings is 1. The number of rotatable bonds is 11. The molecule has 65 heavy (non-hydrogen) atoms. The van der Waals surface area contributed by atoms with Crippen LogP contribution in [0, 0.1) is 5.92 Å². The Labute approximate surface area is 379 Å². The number of hydrogen-bond donors (Lipinski definition) is 0. The van der Waals surface area contributed by atoms with Gasteiger partial charge in [0.05, 0.1) is 32.4 Å². The number of hydrogen-bond acceptors (Lipinski definition) is 12. The summed E-state index contributed by atoms with van der Waals surface area (Å²) in [5, 5.41) is 0. The largest absolute Gasteiger partial charge is 0.497 e. The number of imide groups is 2. The molecule has 16 nitrogen and oxygen atoms in total. The van der Waals surface area contributed by atoms with Gasteiger partial charge >= 0.3 is 30.3 Å². The smallest absolute Gasteiger partial charge is 0.424 e. The van der Waals surface area contributed by atoms with E-state index in [-0.39, 0.29) is 43.5 Å². The maximum absolute atomic E-state index is 14.4. The molecule has 6 rings (SSSR count). The molecule has 2 aliphatic heterocycles. The number of ether oxygens (including phenoxy) is 5. The first-order valence-corrected chi connectivity index (χ1v) is 21.5. The van der Waals surface area contributed by atoms with E-state index in [1.54, 1.807) is 102 Å². The van der Waals surface area contributed by atoms with E-state index >= 15 is 0 Å². The topological polar surface area (TPSA) is 174 Å².